The van der Waals surface area contributed by atoms with E-state index in [1.807, 2.05) is 85.7 Å². The lowest BCUT2D eigenvalue weighted by Gasteiger charge is -2.39. The maximum absolute atomic E-state index is 14.0. The molecule has 2 atom stereocenters. The molecular formula is C38H53N7O6. The molecule has 1 aliphatic carbocycles. The van der Waals surface area contributed by atoms with Gasteiger partial charge in [-0.1, -0.05) is 32.1 Å². The maximum Gasteiger partial charge on any atom is 0.416 e. The molecule has 5 rings (SSSR count). The molecule has 1 fully saturated rings. The van der Waals surface area contributed by atoms with E-state index < -0.39 is 35.5 Å². The minimum atomic E-state index is -0.789. The minimum Gasteiger partial charge on any atom is -0.444 e. The van der Waals surface area contributed by atoms with Gasteiger partial charge in [-0.05, 0) is 97.3 Å². The van der Waals surface area contributed by atoms with E-state index in [9.17, 15) is 19.5 Å². The molecule has 0 saturated carbocycles. The van der Waals surface area contributed by atoms with E-state index in [4.69, 9.17) is 14.5 Å². The summed E-state index contributed by atoms with van der Waals surface area (Å²) in [5.41, 5.74) is 2.12. The van der Waals surface area contributed by atoms with Gasteiger partial charge < -0.3 is 30.1 Å². The number of piperidine rings is 1. The summed E-state index contributed by atoms with van der Waals surface area (Å²) < 4.78 is 13.2. The normalized spacial score (nSPS) is 18.1. The van der Waals surface area contributed by atoms with Crippen molar-refractivity contribution in [2.75, 3.05) is 28.6 Å². The highest BCUT2D eigenvalue weighted by Crippen LogP contribution is 2.30. The van der Waals surface area contributed by atoms with E-state index in [1.165, 1.54) is 4.90 Å². The van der Waals surface area contributed by atoms with Crippen LogP contribution >= 0.6 is 0 Å². The third kappa shape index (κ3) is 9.57. The SMILES string of the molecule is CC(C)c1cnn2c(N(Cc3cccc(NC(=O)C4=CCCC4)c3)C(=O)OC(C)(C)C)cc(NCC3C(O)CCCN3C(=O)OC(C)(C)C)nc12. The third-order valence-corrected chi connectivity index (χ3v) is 8.71. The summed E-state index contributed by atoms with van der Waals surface area (Å²) in [5.74, 6) is 0.793. The van der Waals surface area contributed by atoms with E-state index in [1.54, 1.807) is 21.7 Å². The van der Waals surface area contributed by atoms with E-state index in [-0.39, 0.29) is 24.9 Å². The number of aliphatic hydroxyl groups excluding tert-OH is 1. The van der Waals surface area contributed by atoms with Gasteiger partial charge in [0.1, 0.15) is 22.8 Å². The number of aromatic nitrogens is 3. The van der Waals surface area contributed by atoms with Crippen LogP contribution in [0.5, 0.6) is 0 Å². The highest BCUT2D eigenvalue weighted by molar-refractivity contribution is 6.04. The first-order chi connectivity index (χ1) is 24.0. The van der Waals surface area contributed by atoms with Gasteiger partial charge in [0.15, 0.2) is 5.65 Å². The average molecular weight is 704 g/mol. The zero-order chi connectivity index (χ0) is 37.1. The Balaban J connectivity index is 1.50. The van der Waals surface area contributed by atoms with Gasteiger partial charge in [0.2, 0.25) is 0 Å². The predicted octanol–water partition coefficient (Wildman–Crippen LogP) is 7.02. The van der Waals surface area contributed by atoms with Crippen LogP contribution in [0.1, 0.15) is 105 Å². The van der Waals surface area contributed by atoms with E-state index in [0.29, 0.717) is 42.4 Å². The summed E-state index contributed by atoms with van der Waals surface area (Å²) in [4.78, 5) is 48.0. The Hall–Kier alpha value is -4.65. The van der Waals surface area contributed by atoms with Crippen LogP contribution in [0.3, 0.4) is 0 Å². The Labute approximate surface area is 300 Å². The molecule has 3 amide bonds. The van der Waals surface area contributed by atoms with Gasteiger partial charge in [-0.15, -0.1) is 0 Å². The first-order valence-corrected chi connectivity index (χ1v) is 17.9. The second-order valence-corrected chi connectivity index (χ2v) is 15.7. The number of anilines is 3. The topological polar surface area (TPSA) is 151 Å². The lowest BCUT2D eigenvalue weighted by Crippen LogP contribution is -2.55. The summed E-state index contributed by atoms with van der Waals surface area (Å²) in [6.45, 7) is 15.7. The molecule has 0 bridgehead atoms. The molecule has 3 heterocycles. The van der Waals surface area contributed by atoms with Crippen molar-refractivity contribution in [1.29, 1.82) is 0 Å². The molecule has 13 nitrogen and oxygen atoms in total. The molecule has 276 valence electrons. The van der Waals surface area contributed by atoms with Crippen molar-refractivity contribution < 1.29 is 29.0 Å². The zero-order valence-corrected chi connectivity index (χ0v) is 31.2. The van der Waals surface area contributed by atoms with Gasteiger partial charge in [0.05, 0.1) is 24.9 Å². The van der Waals surface area contributed by atoms with Gasteiger partial charge >= 0.3 is 12.2 Å². The zero-order valence-electron chi connectivity index (χ0n) is 31.2. The number of nitrogens with zero attached hydrogens (tertiary/aromatic N) is 5. The van der Waals surface area contributed by atoms with Crippen LogP contribution < -0.4 is 15.5 Å². The number of hydrogen-bond acceptors (Lipinski definition) is 9. The second-order valence-electron chi connectivity index (χ2n) is 15.7. The van der Waals surface area contributed by atoms with E-state index in [2.05, 4.69) is 15.7 Å². The molecule has 3 N–H and O–H groups in total. The molecule has 1 aliphatic heterocycles. The van der Waals surface area contributed by atoms with Gasteiger partial charge in [0.25, 0.3) is 5.91 Å². The van der Waals surface area contributed by atoms with Crippen molar-refractivity contribution in [3.63, 3.8) is 0 Å². The van der Waals surface area contributed by atoms with Crippen molar-refractivity contribution in [2.24, 2.45) is 0 Å². The Bertz CT molecular complexity index is 1770. The largest absolute Gasteiger partial charge is 0.444 e. The van der Waals surface area contributed by atoms with Crippen LogP contribution in [0.2, 0.25) is 0 Å². The molecule has 0 spiro atoms. The Morgan fingerprint density at radius 3 is 2.47 bits per heavy atom. The van der Waals surface area contributed by atoms with Crippen LogP contribution in [0.15, 0.2) is 48.2 Å². The first-order valence-electron chi connectivity index (χ1n) is 17.9. The van der Waals surface area contributed by atoms with Gasteiger partial charge in [0, 0.05) is 36.0 Å². The monoisotopic (exact) mass is 703 g/mol. The molecule has 2 aliphatic rings. The predicted molar refractivity (Wildman–Crippen MR) is 197 cm³/mol. The number of ether oxygens (including phenoxy) is 2. The first kappa shape index (κ1) is 37.6. The van der Waals surface area contributed by atoms with Crippen LogP contribution in [0.4, 0.5) is 26.9 Å². The number of fused-ring (bicyclic) bond motifs is 1. The molecule has 1 aromatic carbocycles. The summed E-state index contributed by atoms with van der Waals surface area (Å²) in [6.07, 6.45) is 5.72. The number of rotatable bonds is 9. The van der Waals surface area contributed by atoms with Gasteiger partial charge in [-0.3, -0.25) is 9.69 Å². The molecule has 1 saturated heterocycles. The molecule has 3 aromatic rings. The Morgan fingerprint density at radius 1 is 1.06 bits per heavy atom. The standard InChI is InChI=1S/C38H53N7O6/c1-24(2)28-21-40-45-32(20-31(42-33(28)45)39-22-29-30(46)17-12-18-43(29)35(48)50-37(3,4)5)44(36(49)51-38(6,7)8)23-25-13-11-16-27(19-25)41-34(47)26-14-9-10-15-26/h11,13-14,16,19-21,24,29-30,46H,9-10,12,15,17-18,22-23H2,1-8H3,(H,39,42)(H,41,47). The number of hydrogen-bond donors (Lipinski definition) is 3. The van der Waals surface area contributed by atoms with Crippen molar-refractivity contribution in [3.05, 3.63) is 59.3 Å². The smallest absolute Gasteiger partial charge is 0.416 e. The van der Waals surface area contributed by atoms with E-state index >= 15 is 0 Å². The molecule has 2 unspecified atom stereocenters. The summed E-state index contributed by atoms with van der Waals surface area (Å²) in [7, 11) is 0. The number of benzene rings is 1. The highest BCUT2D eigenvalue weighted by Gasteiger charge is 2.36. The number of carbonyl (C=O) groups is 3. The van der Waals surface area contributed by atoms with Crippen LogP contribution in [0.25, 0.3) is 5.65 Å². The maximum atomic E-state index is 14.0. The molecule has 51 heavy (non-hydrogen) atoms. The minimum absolute atomic E-state index is 0.0752. The fraction of sp³-hybridized carbons (Fsp3) is 0.553. The Kier molecular flexibility index (Phi) is 11.3. The molecule has 0 radical (unpaired) electrons. The summed E-state index contributed by atoms with van der Waals surface area (Å²) in [5, 5.41) is 22.0. The van der Waals surface area contributed by atoms with E-state index in [0.717, 1.165) is 36.0 Å². The third-order valence-electron chi connectivity index (χ3n) is 8.71. The lowest BCUT2D eigenvalue weighted by atomic mass is 9.99. The molecular weight excluding hydrogens is 650 g/mol. The second kappa shape index (κ2) is 15.3. The van der Waals surface area contributed by atoms with Crippen molar-refractivity contribution in [3.8, 4) is 0 Å². The fourth-order valence-corrected chi connectivity index (χ4v) is 6.27. The van der Waals surface area contributed by atoms with Crippen molar-refractivity contribution in [2.45, 2.75) is 123 Å². The van der Waals surface area contributed by atoms with Crippen LogP contribution in [-0.2, 0) is 20.8 Å². The number of amides is 3. The number of likely N-dealkylation sites (tertiary alicyclic amines) is 1. The van der Waals surface area contributed by atoms with Crippen LogP contribution in [-0.4, -0.2) is 79.1 Å². The number of aliphatic hydroxyl groups is 1. The van der Waals surface area contributed by atoms with Gasteiger partial charge in [-0.2, -0.15) is 9.61 Å². The van der Waals surface area contributed by atoms with Crippen LogP contribution in [0, 0.1) is 0 Å². The number of nitrogens with one attached hydrogen (secondary N) is 2. The number of carbonyl (C=O) groups excluding carboxylic acids is 3. The molecule has 13 heteroatoms. The fourth-order valence-electron chi connectivity index (χ4n) is 6.27. The lowest BCUT2D eigenvalue weighted by molar-refractivity contribution is -0.112. The highest BCUT2D eigenvalue weighted by atomic mass is 16.6. The van der Waals surface area contributed by atoms with Gasteiger partial charge in [-0.25, -0.2) is 14.6 Å². The van der Waals surface area contributed by atoms with Crippen molar-refractivity contribution in [1.82, 2.24) is 19.5 Å². The quantitative estimate of drug-likeness (QED) is 0.214. The number of allylic oxidation sites excluding steroid dienone is 1. The Morgan fingerprint density at radius 2 is 1.80 bits per heavy atom. The summed E-state index contributed by atoms with van der Waals surface area (Å²) >= 11 is 0. The van der Waals surface area contributed by atoms with Crippen molar-refractivity contribution >= 4 is 41.1 Å². The molecule has 2 aromatic heterocycles. The summed E-state index contributed by atoms with van der Waals surface area (Å²) in [6, 6.07) is 8.55. The average Bonchev–Trinajstić information content (AvgIpc) is 3.72.